The van der Waals surface area contributed by atoms with Crippen molar-refractivity contribution in [3.63, 3.8) is 0 Å². The zero-order valence-corrected chi connectivity index (χ0v) is 14.3. The summed E-state index contributed by atoms with van der Waals surface area (Å²) >= 11 is 0. The third-order valence-electron chi connectivity index (χ3n) is 4.34. The van der Waals surface area contributed by atoms with Crippen molar-refractivity contribution >= 4 is 6.09 Å². The molecule has 2 heterocycles. The number of nitrogens with zero attached hydrogens (tertiary/aromatic N) is 2. The summed E-state index contributed by atoms with van der Waals surface area (Å²) in [6.45, 7) is 5.97. The molecule has 2 bridgehead atoms. The molecule has 2 aliphatic rings. The molecule has 5 nitrogen and oxygen atoms in total. The minimum absolute atomic E-state index is 0.0727. The Hall–Kier alpha value is -1.99. The first-order chi connectivity index (χ1) is 11.5. The van der Waals surface area contributed by atoms with Crippen LogP contribution in [0.25, 0.3) is 0 Å². The van der Waals surface area contributed by atoms with Crippen LogP contribution in [0.3, 0.4) is 0 Å². The van der Waals surface area contributed by atoms with Gasteiger partial charge in [0, 0.05) is 12.6 Å². The number of carbonyl (C=O) groups excluding carboxylic acids is 1. The van der Waals surface area contributed by atoms with Crippen LogP contribution in [0.5, 0.6) is 5.88 Å². The van der Waals surface area contributed by atoms with E-state index in [-0.39, 0.29) is 23.9 Å². The smallest absolute Gasteiger partial charge is 0.433 e. The monoisotopic (exact) mass is 358 g/mol. The zero-order valence-electron chi connectivity index (χ0n) is 14.3. The number of aromatic nitrogens is 1. The van der Waals surface area contributed by atoms with Gasteiger partial charge in [0.1, 0.15) is 17.4 Å². The minimum atomic E-state index is -4.52. The van der Waals surface area contributed by atoms with E-state index in [4.69, 9.17) is 9.47 Å². The number of fused-ring (bicyclic) bond motifs is 2. The highest BCUT2D eigenvalue weighted by atomic mass is 19.4. The topological polar surface area (TPSA) is 51.7 Å². The molecular formula is C17H21F3N2O3. The van der Waals surface area contributed by atoms with Crippen LogP contribution in [-0.4, -0.2) is 40.3 Å². The van der Waals surface area contributed by atoms with Gasteiger partial charge in [0.25, 0.3) is 0 Å². The first kappa shape index (κ1) is 17.8. The lowest BCUT2D eigenvalue weighted by Crippen LogP contribution is -2.48. The second-order valence-electron chi connectivity index (χ2n) is 7.55. The van der Waals surface area contributed by atoms with E-state index in [2.05, 4.69) is 4.98 Å². The average Bonchev–Trinajstić information content (AvgIpc) is 3.05. The molecule has 1 saturated heterocycles. The Bertz CT molecular complexity index is 657. The van der Waals surface area contributed by atoms with Gasteiger partial charge in [-0.05, 0) is 45.6 Å². The van der Waals surface area contributed by atoms with Crippen molar-refractivity contribution < 1.29 is 27.4 Å². The van der Waals surface area contributed by atoms with Gasteiger partial charge in [-0.3, -0.25) is 0 Å². The number of carbonyl (C=O) groups is 1. The van der Waals surface area contributed by atoms with E-state index >= 15 is 0 Å². The number of rotatable bonds is 2. The maximum absolute atomic E-state index is 12.8. The second-order valence-corrected chi connectivity index (χ2v) is 7.55. The van der Waals surface area contributed by atoms with Crippen molar-refractivity contribution in [2.75, 3.05) is 6.54 Å². The van der Waals surface area contributed by atoms with Crippen LogP contribution < -0.4 is 4.74 Å². The summed E-state index contributed by atoms with van der Waals surface area (Å²) in [6.07, 6.45) is -3.84. The second kappa shape index (κ2) is 6.07. The summed E-state index contributed by atoms with van der Waals surface area (Å²) in [5, 5.41) is 0. The molecule has 8 heteroatoms. The molecule has 1 aliphatic heterocycles. The van der Waals surface area contributed by atoms with Crippen molar-refractivity contribution in [3.8, 4) is 5.88 Å². The number of pyridine rings is 1. The third kappa shape index (κ3) is 3.99. The van der Waals surface area contributed by atoms with Crippen molar-refractivity contribution in [1.29, 1.82) is 0 Å². The Labute approximate surface area is 144 Å². The predicted octanol–water partition coefficient (Wildman–Crippen LogP) is 3.88. The molecule has 1 amide bonds. The van der Waals surface area contributed by atoms with E-state index in [1.54, 1.807) is 25.7 Å². The van der Waals surface area contributed by atoms with E-state index < -0.39 is 23.6 Å². The van der Waals surface area contributed by atoms with Gasteiger partial charge in [-0.2, -0.15) is 13.2 Å². The molecule has 0 spiro atoms. The molecule has 138 valence electrons. The van der Waals surface area contributed by atoms with Crippen LogP contribution in [-0.2, 0) is 10.9 Å². The Morgan fingerprint density at radius 3 is 2.56 bits per heavy atom. The van der Waals surface area contributed by atoms with E-state index in [9.17, 15) is 18.0 Å². The lowest BCUT2D eigenvalue weighted by atomic mass is 10.1. The van der Waals surface area contributed by atoms with Crippen LogP contribution in [0.2, 0.25) is 0 Å². The Balaban J connectivity index is 1.70. The maximum atomic E-state index is 12.8. The normalized spacial score (nSPS) is 26.0. The predicted molar refractivity (Wildman–Crippen MR) is 83.1 cm³/mol. The van der Waals surface area contributed by atoms with Crippen LogP contribution in [0, 0.1) is 5.92 Å². The highest BCUT2D eigenvalue weighted by Gasteiger charge is 2.49. The summed E-state index contributed by atoms with van der Waals surface area (Å²) in [5.41, 5.74) is -1.59. The molecule has 2 fully saturated rings. The van der Waals surface area contributed by atoms with Crippen LogP contribution >= 0.6 is 0 Å². The van der Waals surface area contributed by atoms with Crippen molar-refractivity contribution in [3.05, 3.63) is 23.9 Å². The highest BCUT2D eigenvalue weighted by molar-refractivity contribution is 5.69. The molecule has 1 aliphatic carbocycles. The number of hydrogen-bond acceptors (Lipinski definition) is 4. The molecule has 1 aromatic rings. The highest BCUT2D eigenvalue weighted by Crippen LogP contribution is 2.40. The molecule has 1 saturated carbocycles. The molecular weight excluding hydrogens is 337 g/mol. The molecule has 1 aromatic heterocycles. The molecule has 25 heavy (non-hydrogen) atoms. The third-order valence-corrected chi connectivity index (χ3v) is 4.34. The quantitative estimate of drug-likeness (QED) is 0.805. The van der Waals surface area contributed by atoms with Gasteiger partial charge in [0.05, 0.1) is 6.04 Å². The van der Waals surface area contributed by atoms with E-state index in [1.165, 1.54) is 12.1 Å². The fraction of sp³-hybridized carbons (Fsp3) is 0.647. The largest absolute Gasteiger partial charge is 0.472 e. The van der Waals surface area contributed by atoms with Gasteiger partial charge >= 0.3 is 12.3 Å². The van der Waals surface area contributed by atoms with Crippen molar-refractivity contribution in [2.24, 2.45) is 5.92 Å². The van der Waals surface area contributed by atoms with E-state index in [0.717, 1.165) is 12.5 Å². The summed E-state index contributed by atoms with van der Waals surface area (Å²) < 4.78 is 49.4. The molecule has 0 N–H and O–H groups in total. The summed E-state index contributed by atoms with van der Waals surface area (Å²) in [6, 6.07) is 3.38. The number of ether oxygens (including phenoxy) is 2. The number of piperidine rings is 1. The van der Waals surface area contributed by atoms with Gasteiger partial charge in [0.15, 0.2) is 0 Å². The van der Waals surface area contributed by atoms with Crippen molar-refractivity contribution in [1.82, 2.24) is 9.88 Å². The van der Waals surface area contributed by atoms with E-state index in [1.807, 2.05) is 0 Å². The first-order valence-electron chi connectivity index (χ1n) is 8.23. The number of hydrogen-bond donors (Lipinski definition) is 0. The lowest BCUT2D eigenvalue weighted by molar-refractivity contribution is -0.141. The summed E-state index contributed by atoms with van der Waals surface area (Å²) in [7, 11) is 0. The number of likely N-dealkylation sites (tertiary alicyclic amines) is 1. The number of alkyl halides is 3. The van der Waals surface area contributed by atoms with Gasteiger partial charge < -0.3 is 14.4 Å². The molecule has 0 radical (unpaired) electrons. The van der Waals surface area contributed by atoms with Gasteiger partial charge in [-0.15, -0.1) is 0 Å². The van der Waals surface area contributed by atoms with Gasteiger partial charge in [-0.1, -0.05) is 6.07 Å². The van der Waals surface area contributed by atoms with E-state index in [0.29, 0.717) is 13.0 Å². The van der Waals surface area contributed by atoms with Crippen LogP contribution in [0.4, 0.5) is 18.0 Å². The fourth-order valence-corrected chi connectivity index (χ4v) is 3.42. The minimum Gasteiger partial charge on any atom is -0.472 e. The average molecular weight is 358 g/mol. The standard InChI is InChI=1S/C17H21F3N2O3/c1-16(2,3)25-15(23)22-9-10-7-11(22)12(8-10)24-14-6-4-5-13(21-14)17(18,19)20/h4-6,10-12H,7-9H2,1-3H3/t10-,11+,12-/m1/s1. The summed E-state index contributed by atoms with van der Waals surface area (Å²) in [4.78, 5) is 17.5. The van der Waals surface area contributed by atoms with Crippen LogP contribution in [0.15, 0.2) is 18.2 Å². The maximum Gasteiger partial charge on any atom is 0.433 e. The zero-order chi connectivity index (χ0) is 18.4. The van der Waals surface area contributed by atoms with Gasteiger partial charge in [0.2, 0.25) is 5.88 Å². The number of amides is 1. The van der Waals surface area contributed by atoms with Gasteiger partial charge in [-0.25, -0.2) is 9.78 Å². The van der Waals surface area contributed by atoms with Crippen molar-refractivity contribution in [2.45, 2.75) is 57.5 Å². The number of halogens is 3. The molecule has 3 atom stereocenters. The Kier molecular flexibility index (Phi) is 4.33. The molecule has 0 unspecified atom stereocenters. The Morgan fingerprint density at radius 1 is 1.24 bits per heavy atom. The van der Waals surface area contributed by atoms with Crippen LogP contribution in [0.1, 0.15) is 39.3 Å². The Morgan fingerprint density at radius 2 is 1.96 bits per heavy atom. The molecule has 0 aromatic carbocycles. The summed E-state index contributed by atoms with van der Waals surface area (Å²) in [5.74, 6) is 0.199. The SMILES string of the molecule is CC(C)(C)OC(=O)N1C[C@H]2C[C@@H](Oc3cccc(C(F)(F)F)n3)[C@@H]1C2. The first-order valence-corrected chi connectivity index (χ1v) is 8.23. The lowest BCUT2D eigenvalue weighted by Gasteiger charge is -2.34. The fourth-order valence-electron chi connectivity index (χ4n) is 3.42. The molecule has 3 rings (SSSR count).